The molecule has 0 spiro atoms. The molecule has 0 atom stereocenters. The molecule has 0 aromatic heterocycles. The van der Waals surface area contributed by atoms with E-state index >= 15 is 0 Å². The smallest absolute Gasteiger partial charge is 0.0196 e. The Morgan fingerprint density at radius 1 is 1.07 bits per heavy atom. The zero-order chi connectivity index (χ0) is 10.4. The largest absolute Gasteiger partial charge is 0.250 e. The molecule has 2 fully saturated rings. The van der Waals surface area contributed by atoms with Gasteiger partial charge in [-0.3, -0.25) is 4.31 Å². The summed E-state index contributed by atoms with van der Waals surface area (Å²) < 4.78 is 2.60. The van der Waals surface area contributed by atoms with Crippen molar-refractivity contribution in [3.8, 4) is 0 Å². The van der Waals surface area contributed by atoms with Gasteiger partial charge in [0.05, 0.1) is 0 Å². The molecule has 1 aliphatic carbocycles. The van der Waals surface area contributed by atoms with Crippen molar-refractivity contribution < 1.29 is 0 Å². The molecule has 0 N–H and O–H groups in total. The number of nitrogens with zero attached hydrogens (tertiary/aromatic N) is 1. The number of rotatable bonds is 3. The summed E-state index contributed by atoms with van der Waals surface area (Å²) in [5.41, 5.74) is 0. The van der Waals surface area contributed by atoms with Gasteiger partial charge < -0.3 is 0 Å². The van der Waals surface area contributed by atoms with Gasteiger partial charge >= 0.3 is 0 Å². The Bertz CT molecular complexity index is 137. The third-order valence-electron chi connectivity index (χ3n) is 2.97. The van der Waals surface area contributed by atoms with Gasteiger partial charge in [-0.05, 0) is 31.6 Å². The molecule has 1 heterocycles. The molecule has 0 aromatic rings. The Balaban J connectivity index is 0.000000461. The molecule has 0 amide bonds. The third-order valence-corrected chi connectivity index (χ3v) is 4.41. The van der Waals surface area contributed by atoms with Crippen molar-refractivity contribution in [2.24, 2.45) is 5.92 Å². The minimum absolute atomic E-state index is 1.00. The van der Waals surface area contributed by atoms with Crippen molar-refractivity contribution in [2.75, 3.05) is 13.1 Å². The zero-order valence-electron chi connectivity index (χ0n) is 9.96. The van der Waals surface area contributed by atoms with E-state index in [9.17, 15) is 0 Å². The SMILES string of the molecule is CC.CCC1CCN(SC2CC2)CC1. The van der Waals surface area contributed by atoms with Crippen LogP contribution in [0, 0.1) is 5.92 Å². The molecule has 84 valence electrons. The van der Waals surface area contributed by atoms with Crippen LogP contribution < -0.4 is 0 Å². The highest BCUT2D eigenvalue weighted by molar-refractivity contribution is 7.97. The van der Waals surface area contributed by atoms with E-state index in [-0.39, 0.29) is 0 Å². The highest BCUT2D eigenvalue weighted by atomic mass is 32.2. The van der Waals surface area contributed by atoms with Gasteiger partial charge in [0.15, 0.2) is 0 Å². The molecular formula is C12H25NS. The first-order chi connectivity index (χ1) is 6.88. The van der Waals surface area contributed by atoms with Crippen LogP contribution in [0.3, 0.4) is 0 Å². The molecule has 1 aliphatic heterocycles. The van der Waals surface area contributed by atoms with E-state index in [1.165, 1.54) is 45.2 Å². The monoisotopic (exact) mass is 215 g/mol. The lowest BCUT2D eigenvalue weighted by molar-refractivity contribution is 0.286. The van der Waals surface area contributed by atoms with E-state index in [4.69, 9.17) is 0 Å². The fraction of sp³-hybridized carbons (Fsp3) is 1.00. The Morgan fingerprint density at radius 2 is 1.64 bits per heavy atom. The fourth-order valence-electron chi connectivity index (χ4n) is 1.81. The molecule has 0 bridgehead atoms. The fourth-order valence-corrected chi connectivity index (χ4v) is 3.00. The van der Waals surface area contributed by atoms with E-state index in [1.807, 2.05) is 13.8 Å². The van der Waals surface area contributed by atoms with Crippen LogP contribution in [0.25, 0.3) is 0 Å². The maximum Gasteiger partial charge on any atom is 0.0196 e. The Morgan fingerprint density at radius 3 is 2.07 bits per heavy atom. The van der Waals surface area contributed by atoms with Crippen molar-refractivity contribution in [3.05, 3.63) is 0 Å². The predicted molar refractivity (Wildman–Crippen MR) is 66.5 cm³/mol. The van der Waals surface area contributed by atoms with Gasteiger partial charge in [0.2, 0.25) is 0 Å². The van der Waals surface area contributed by atoms with Crippen molar-refractivity contribution in [2.45, 2.75) is 58.1 Å². The highest BCUT2D eigenvalue weighted by Crippen LogP contribution is 2.38. The summed E-state index contributed by atoms with van der Waals surface area (Å²) in [6, 6.07) is 0. The molecule has 2 aliphatic rings. The zero-order valence-corrected chi connectivity index (χ0v) is 10.8. The molecule has 1 saturated heterocycles. The van der Waals surface area contributed by atoms with E-state index in [2.05, 4.69) is 23.2 Å². The van der Waals surface area contributed by atoms with Crippen LogP contribution in [0.2, 0.25) is 0 Å². The van der Waals surface area contributed by atoms with Crippen LogP contribution in [-0.2, 0) is 0 Å². The molecule has 14 heavy (non-hydrogen) atoms. The van der Waals surface area contributed by atoms with E-state index < -0.39 is 0 Å². The second-order valence-corrected chi connectivity index (χ2v) is 5.48. The second-order valence-electron chi connectivity index (χ2n) is 4.09. The summed E-state index contributed by atoms with van der Waals surface area (Å²) in [6.07, 6.45) is 7.21. The molecule has 1 nitrogen and oxygen atoms in total. The molecule has 2 rings (SSSR count). The molecule has 0 radical (unpaired) electrons. The minimum atomic E-state index is 1.00. The Hall–Kier alpha value is 0.310. The molecule has 0 aromatic carbocycles. The van der Waals surface area contributed by atoms with Crippen molar-refractivity contribution in [1.82, 2.24) is 4.31 Å². The summed E-state index contributed by atoms with van der Waals surface area (Å²) in [7, 11) is 0. The topological polar surface area (TPSA) is 3.24 Å². The Labute approximate surface area is 93.8 Å². The predicted octanol–water partition coefficient (Wildman–Crippen LogP) is 3.95. The molecule has 0 unspecified atom stereocenters. The maximum atomic E-state index is 2.60. The van der Waals surface area contributed by atoms with Crippen LogP contribution in [0.4, 0.5) is 0 Å². The summed E-state index contributed by atoms with van der Waals surface area (Å²) in [4.78, 5) is 0. The molecule has 1 saturated carbocycles. The third kappa shape index (κ3) is 4.22. The van der Waals surface area contributed by atoms with Crippen LogP contribution in [-0.4, -0.2) is 22.6 Å². The first-order valence-corrected chi connectivity index (χ1v) is 7.14. The molecular weight excluding hydrogens is 190 g/mol. The van der Waals surface area contributed by atoms with Crippen molar-refractivity contribution in [1.29, 1.82) is 0 Å². The second kappa shape index (κ2) is 6.73. The lowest BCUT2D eigenvalue weighted by atomic mass is 9.96. The summed E-state index contributed by atoms with van der Waals surface area (Å²) >= 11 is 2.13. The van der Waals surface area contributed by atoms with Gasteiger partial charge in [-0.15, -0.1) is 0 Å². The van der Waals surface area contributed by atoms with Gasteiger partial charge in [0.25, 0.3) is 0 Å². The van der Waals surface area contributed by atoms with E-state index in [0.29, 0.717) is 0 Å². The number of hydrogen-bond donors (Lipinski definition) is 0. The first kappa shape index (κ1) is 12.4. The van der Waals surface area contributed by atoms with Crippen molar-refractivity contribution in [3.63, 3.8) is 0 Å². The maximum absolute atomic E-state index is 2.60. The Kier molecular flexibility index (Phi) is 5.95. The normalized spacial score (nSPS) is 24.2. The first-order valence-electron chi connectivity index (χ1n) is 6.30. The van der Waals surface area contributed by atoms with Crippen LogP contribution in [0.1, 0.15) is 52.9 Å². The number of piperidine rings is 1. The van der Waals surface area contributed by atoms with Crippen LogP contribution in [0.5, 0.6) is 0 Å². The van der Waals surface area contributed by atoms with Crippen LogP contribution >= 0.6 is 11.9 Å². The standard InChI is InChI=1S/C10H19NS.C2H6/c1-2-9-5-7-11(8-6-9)12-10-3-4-10;1-2/h9-10H,2-8H2,1H3;1-2H3. The van der Waals surface area contributed by atoms with Gasteiger partial charge in [0, 0.05) is 18.3 Å². The van der Waals surface area contributed by atoms with E-state index in [0.717, 1.165) is 11.2 Å². The van der Waals surface area contributed by atoms with Crippen LogP contribution in [0.15, 0.2) is 0 Å². The summed E-state index contributed by atoms with van der Waals surface area (Å²) in [6.45, 7) is 9.02. The van der Waals surface area contributed by atoms with Gasteiger partial charge in [-0.1, -0.05) is 39.1 Å². The summed E-state index contributed by atoms with van der Waals surface area (Å²) in [5, 5.41) is 1.00. The summed E-state index contributed by atoms with van der Waals surface area (Å²) in [5.74, 6) is 1.03. The minimum Gasteiger partial charge on any atom is -0.250 e. The molecule has 2 heteroatoms. The number of hydrogen-bond acceptors (Lipinski definition) is 2. The van der Waals surface area contributed by atoms with E-state index in [1.54, 1.807) is 0 Å². The highest BCUT2D eigenvalue weighted by Gasteiger charge is 2.27. The van der Waals surface area contributed by atoms with Crippen molar-refractivity contribution >= 4 is 11.9 Å². The average molecular weight is 215 g/mol. The average Bonchev–Trinajstić information content (AvgIpc) is 3.06. The van der Waals surface area contributed by atoms with Gasteiger partial charge in [0.1, 0.15) is 0 Å². The quantitative estimate of drug-likeness (QED) is 0.656. The lowest BCUT2D eigenvalue weighted by Crippen LogP contribution is -2.28. The van der Waals surface area contributed by atoms with Gasteiger partial charge in [-0.2, -0.15) is 0 Å². The lowest BCUT2D eigenvalue weighted by Gasteiger charge is -2.30. The van der Waals surface area contributed by atoms with Gasteiger partial charge in [-0.25, -0.2) is 0 Å².